The molecule has 0 saturated carbocycles. The molecule has 1 aliphatic heterocycles. The van der Waals surface area contributed by atoms with Gasteiger partial charge in [0.15, 0.2) is 5.78 Å². The van der Waals surface area contributed by atoms with Crippen molar-refractivity contribution >= 4 is 17.6 Å². The summed E-state index contributed by atoms with van der Waals surface area (Å²) in [4.78, 5) is 24.0. The molecule has 0 radical (unpaired) electrons. The van der Waals surface area contributed by atoms with Crippen LogP contribution in [0.1, 0.15) is 18.9 Å². The van der Waals surface area contributed by atoms with Crippen molar-refractivity contribution in [3.8, 4) is 0 Å². The Kier molecular flexibility index (Phi) is 2.95. The van der Waals surface area contributed by atoms with E-state index >= 15 is 0 Å². The summed E-state index contributed by atoms with van der Waals surface area (Å²) in [7, 11) is 0. The number of nitrogens with zero attached hydrogens (tertiary/aromatic N) is 1. The number of ketones is 1. The Labute approximate surface area is 99.2 Å². The molecule has 2 rings (SSSR count). The SMILES string of the molecule is CC1CC(=O)C=C(c2ccccc2)N1C(=O)O. The lowest BCUT2D eigenvalue weighted by atomic mass is 10.00. The number of benzene rings is 1. The Morgan fingerprint density at radius 1 is 1.35 bits per heavy atom. The fourth-order valence-corrected chi connectivity index (χ4v) is 2.02. The molecular weight excluding hydrogens is 218 g/mol. The van der Waals surface area contributed by atoms with Gasteiger partial charge in [0.05, 0.1) is 5.70 Å². The lowest BCUT2D eigenvalue weighted by Crippen LogP contribution is -2.40. The monoisotopic (exact) mass is 231 g/mol. The van der Waals surface area contributed by atoms with E-state index in [9.17, 15) is 14.7 Å². The van der Waals surface area contributed by atoms with Crippen molar-refractivity contribution in [1.29, 1.82) is 0 Å². The second-order valence-electron chi connectivity index (χ2n) is 4.07. The zero-order valence-corrected chi connectivity index (χ0v) is 9.46. The second kappa shape index (κ2) is 4.41. The number of carbonyl (C=O) groups is 2. The van der Waals surface area contributed by atoms with Crippen LogP contribution in [0.3, 0.4) is 0 Å². The molecule has 1 aromatic rings. The van der Waals surface area contributed by atoms with E-state index in [0.29, 0.717) is 5.70 Å². The molecule has 1 atom stereocenters. The highest BCUT2D eigenvalue weighted by Gasteiger charge is 2.30. The Hall–Kier alpha value is -2.10. The highest BCUT2D eigenvalue weighted by atomic mass is 16.4. The molecule has 1 amide bonds. The highest BCUT2D eigenvalue weighted by molar-refractivity contribution is 6.01. The Morgan fingerprint density at radius 3 is 2.59 bits per heavy atom. The number of hydrogen-bond donors (Lipinski definition) is 1. The van der Waals surface area contributed by atoms with E-state index in [1.165, 1.54) is 11.0 Å². The summed E-state index contributed by atoms with van der Waals surface area (Å²) in [6.07, 6.45) is 0.617. The molecule has 1 heterocycles. The van der Waals surface area contributed by atoms with Crippen molar-refractivity contribution < 1.29 is 14.7 Å². The summed E-state index contributed by atoms with van der Waals surface area (Å²) in [5.41, 5.74) is 1.21. The van der Waals surface area contributed by atoms with E-state index in [1.807, 2.05) is 18.2 Å². The standard InChI is InChI=1S/C13H13NO3/c1-9-7-11(15)8-12(14(9)13(16)17)10-5-3-2-4-6-10/h2-6,8-9H,7H2,1H3,(H,16,17). The van der Waals surface area contributed by atoms with Gasteiger partial charge in [0.2, 0.25) is 0 Å². The number of carboxylic acid groups (broad SMARTS) is 1. The average molecular weight is 231 g/mol. The summed E-state index contributed by atoms with van der Waals surface area (Å²) in [5, 5.41) is 9.20. The number of amides is 1. The zero-order valence-electron chi connectivity index (χ0n) is 9.46. The van der Waals surface area contributed by atoms with Crippen LogP contribution in [0.5, 0.6) is 0 Å². The molecule has 0 aromatic heterocycles. The molecule has 4 nitrogen and oxygen atoms in total. The number of allylic oxidation sites excluding steroid dienone is 1. The molecular formula is C13H13NO3. The summed E-state index contributed by atoms with van der Waals surface area (Å²) in [5.74, 6) is -0.0335. The van der Waals surface area contributed by atoms with Crippen LogP contribution in [0.4, 0.5) is 4.79 Å². The average Bonchev–Trinajstić information content (AvgIpc) is 2.28. The van der Waals surface area contributed by atoms with Crippen LogP contribution in [0.2, 0.25) is 0 Å². The molecule has 0 aliphatic carbocycles. The van der Waals surface area contributed by atoms with E-state index in [0.717, 1.165) is 5.56 Å². The first-order valence-electron chi connectivity index (χ1n) is 5.41. The molecule has 4 heteroatoms. The van der Waals surface area contributed by atoms with Crippen LogP contribution in [-0.2, 0) is 4.79 Å². The molecule has 17 heavy (non-hydrogen) atoms. The van der Waals surface area contributed by atoms with E-state index in [-0.39, 0.29) is 18.2 Å². The third-order valence-electron chi connectivity index (χ3n) is 2.77. The normalized spacial score (nSPS) is 20.1. The van der Waals surface area contributed by atoms with Gasteiger partial charge in [-0.05, 0) is 12.5 Å². The molecule has 0 bridgehead atoms. The van der Waals surface area contributed by atoms with Gasteiger partial charge in [-0.1, -0.05) is 30.3 Å². The summed E-state index contributed by atoms with van der Waals surface area (Å²) < 4.78 is 0. The van der Waals surface area contributed by atoms with Gasteiger partial charge < -0.3 is 5.11 Å². The smallest absolute Gasteiger partial charge is 0.412 e. The molecule has 0 fully saturated rings. The Bertz CT molecular complexity index is 479. The first-order valence-corrected chi connectivity index (χ1v) is 5.41. The van der Waals surface area contributed by atoms with Gasteiger partial charge in [0.1, 0.15) is 0 Å². The van der Waals surface area contributed by atoms with E-state index in [2.05, 4.69) is 0 Å². The number of carbonyl (C=O) groups excluding carboxylic acids is 1. The summed E-state index contributed by atoms with van der Waals surface area (Å²) in [6.45, 7) is 1.74. The van der Waals surface area contributed by atoms with Gasteiger partial charge in [-0.25, -0.2) is 4.79 Å². The largest absolute Gasteiger partial charge is 0.465 e. The molecule has 1 N–H and O–H groups in total. The quantitative estimate of drug-likeness (QED) is 0.807. The van der Waals surface area contributed by atoms with Crippen LogP contribution in [0, 0.1) is 0 Å². The van der Waals surface area contributed by atoms with Crippen LogP contribution >= 0.6 is 0 Å². The number of rotatable bonds is 1. The zero-order chi connectivity index (χ0) is 12.4. The first-order chi connectivity index (χ1) is 8.09. The van der Waals surface area contributed by atoms with Crippen molar-refractivity contribution in [1.82, 2.24) is 4.90 Å². The van der Waals surface area contributed by atoms with Crippen LogP contribution < -0.4 is 0 Å². The van der Waals surface area contributed by atoms with E-state index < -0.39 is 6.09 Å². The maximum atomic E-state index is 11.5. The van der Waals surface area contributed by atoms with Crippen molar-refractivity contribution in [2.75, 3.05) is 0 Å². The molecule has 1 aliphatic rings. The lowest BCUT2D eigenvalue weighted by molar-refractivity contribution is -0.115. The van der Waals surface area contributed by atoms with Crippen LogP contribution in [-0.4, -0.2) is 27.9 Å². The lowest BCUT2D eigenvalue weighted by Gasteiger charge is -2.31. The van der Waals surface area contributed by atoms with Gasteiger partial charge in [-0.2, -0.15) is 0 Å². The van der Waals surface area contributed by atoms with Crippen molar-refractivity contribution in [3.05, 3.63) is 42.0 Å². The van der Waals surface area contributed by atoms with Crippen molar-refractivity contribution in [2.45, 2.75) is 19.4 Å². The molecule has 0 saturated heterocycles. The Balaban J connectivity index is 2.47. The minimum absolute atomic E-state index is 0.0335. The van der Waals surface area contributed by atoms with E-state index in [4.69, 9.17) is 0 Å². The number of hydrogen-bond acceptors (Lipinski definition) is 2. The minimum atomic E-state index is -1.03. The minimum Gasteiger partial charge on any atom is -0.465 e. The molecule has 88 valence electrons. The highest BCUT2D eigenvalue weighted by Crippen LogP contribution is 2.27. The van der Waals surface area contributed by atoms with Gasteiger partial charge in [0, 0.05) is 18.5 Å². The molecule has 1 aromatic carbocycles. The van der Waals surface area contributed by atoms with Gasteiger partial charge in [-0.3, -0.25) is 9.69 Å². The fraction of sp³-hybridized carbons (Fsp3) is 0.231. The molecule has 1 unspecified atom stereocenters. The Morgan fingerprint density at radius 2 is 2.00 bits per heavy atom. The third kappa shape index (κ3) is 2.20. The third-order valence-corrected chi connectivity index (χ3v) is 2.77. The van der Waals surface area contributed by atoms with E-state index in [1.54, 1.807) is 19.1 Å². The van der Waals surface area contributed by atoms with Crippen LogP contribution in [0.25, 0.3) is 5.70 Å². The second-order valence-corrected chi connectivity index (χ2v) is 4.07. The predicted molar refractivity (Wildman–Crippen MR) is 63.4 cm³/mol. The van der Waals surface area contributed by atoms with Gasteiger partial charge in [-0.15, -0.1) is 0 Å². The summed E-state index contributed by atoms with van der Waals surface area (Å²) >= 11 is 0. The summed E-state index contributed by atoms with van der Waals surface area (Å²) in [6, 6.07) is 8.77. The maximum absolute atomic E-state index is 11.5. The van der Waals surface area contributed by atoms with Crippen molar-refractivity contribution in [3.63, 3.8) is 0 Å². The predicted octanol–water partition coefficient (Wildman–Crippen LogP) is 2.37. The fourth-order valence-electron chi connectivity index (χ4n) is 2.02. The van der Waals surface area contributed by atoms with Gasteiger partial charge >= 0.3 is 6.09 Å². The maximum Gasteiger partial charge on any atom is 0.412 e. The first kappa shape index (κ1) is 11.4. The van der Waals surface area contributed by atoms with Gasteiger partial charge in [0.25, 0.3) is 0 Å². The topological polar surface area (TPSA) is 57.6 Å². The van der Waals surface area contributed by atoms with Crippen molar-refractivity contribution in [2.24, 2.45) is 0 Å². The molecule has 0 spiro atoms. The van der Waals surface area contributed by atoms with Crippen LogP contribution in [0.15, 0.2) is 36.4 Å².